The third-order valence-corrected chi connectivity index (χ3v) is 3.25. The first-order valence-electron chi connectivity index (χ1n) is 5.49. The summed E-state index contributed by atoms with van der Waals surface area (Å²) in [5.74, 6) is 0.0846. The van der Waals surface area contributed by atoms with Crippen LogP contribution in [0.4, 0.5) is 0 Å². The van der Waals surface area contributed by atoms with Gasteiger partial charge in [0, 0.05) is 23.2 Å². The van der Waals surface area contributed by atoms with E-state index in [4.69, 9.17) is 17.3 Å². The van der Waals surface area contributed by atoms with Crippen LogP contribution in [-0.4, -0.2) is 29.9 Å². The first-order valence-corrected chi connectivity index (χ1v) is 5.87. The van der Waals surface area contributed by atoms with E-state index in [0.29, 0.717) is 23.2 Å². The van der Waals surface area contributed by atoms with E-state index in [0.717, 1.165) is 19.4 Å². The molecule has 1 aliphatic rings. The van der Waals surface area contributed by atoms with Crippen molar-refractivity contribution in [3.63, 3.8) is 0 Å². The van der Waals surface area contributed by atoms with Gasteiger partial charge in [-0.05, 0) is 43.7 Å². The molecule has 1 heterocycles. The van der Waals surface area contributed by atoms with Gasteiger partial charge in [0.15, 0.2) is 0 Å². The van der Waals surface area contributed by atoms with Gasteiger partial charge in [-0.25, -0.2) is 0 Å². The number of hydrogen-bond donors (Lipinski definition) is 1. The zero-order valence-electron chi connectivity index (χ0n) is 9.03. The zero-order valence-corrected chi connectivity index (χ0v) is 9.78. The van der Waals surface area contributed by atoms with E-state index in [1.807, 2.05) is 4.90 Å². The van der Waals surface area contributed by atoms with Crippen molar-refractivity contribution in [2.24, 2.45) is 5.73 Å². The molecule has 0 spiro atoms. The Bertz CT molecular complexity index is 377. The normalized spacial score (nSPS) is 19.4. The lowest BCUT2D eigenvalue weighted by Gasteiger charge is -2.41. The van der Waals surface area contributed by atoms with E-state index in [9.17, 15) is 4.79 Å². The lowest BCUT2D eigenvalue weighted by atomic mass is 9.98. The van der Waals surface area contributed by atoms with Gasteiger partial charge in [0.2, 0.25) is 0 Å². The molecule has 0 aliphatic carbocycles. The SMILES string of the molecule is NCCC1CCN1C(=O)c1ccc(Cl)cc1. The van der Waals surface area contributed by atoms with Crippen LogP contribution in [0.2, 0.25) is 5.02 Å². The number of amides is 1. The monoisotopic (exact) mass is 238 g/mol. The van der Waals surface area contributed by atoms with Gasteiger partial charge in [0.05, 0.1) is 0 Å². The molecule has 16 heavy (non-hydrogen) atoms. The predicted molar refractivity (Wildman–Crippen MR) is 64.6 cm³/mol. The summed E-state index contributed by atoms with van der Waals surface area (Å²) >= 11 is 5.78. The van der Waals surface area contributed by atoms with Crippen molar-refractivity contribution in [1.29, 1.82) is 0 Å². The third kappa shape index (κ3) is 2.20. The number of nitrogens with zero attached hydrogens (tertiary/aromatic N) is 1. The number of carbonyl (C=O) groups is 1. The minimum atomic E-state index is 0.0846. The van der Waals surface area contributed by atoms with Gasteiger partial charge >= 0.3 is 0 Å². The molecule has 0 aromatic heterocycles. The molecular weight excluding hydrogens is 224 g/mol. The molecule has 1 aromatic rings. The topological polar surface area (TPSA) is 46.3 Å². The molecule has 3 nitrogen and oxygen atoms in total. The average molecular weight is 239 g/mol. The Labute approximate surface area is 100 Å². The number of halogens is 1. The highest BCUT2D eigenvalue weighted by Crippen LogP contribution is 2.23. The van der Waals surface area contributed by atoms with Crippen molar-refractivity contribution >= 4 is 17.5 Å². The first-order chi connectivity index (χ1) is 7.72. The third-order valence-electron chi connectivity index (χ3n) is 3.00. The number of nitrogens with two attached hydrogens (primary N) is 1. The fourth-order valence-corrected chi connectivity index (χ4v) is 2.08. The number of hydrogen-bond acceptors (Lipinski definition) is 2. The number of likely N-dealkylation sites (tertiary alicyclic amines) is 1. The molecule has 2 rings (SSSR count). The maximum absolute atomic E-state index is 12.1. The van der Waals surface area contributed by atoms with Gasteiger partial charge in [0.1, 0.15) is 0 Å². The molecule has 2 N–H and O–H groups in total. The van der Waals surface area contributed by atoms with Gasteiger partial charge in [-0.15, -0.1) is 0 Å². The van der Waals surface area contributed by atoms with Crippen LogP contribution in [-0.2, 0) is 0 Å². The van der Waals surface area contributed by atoms with Crippen molar-refractivity contribution in [2.45, 2.75) is 18.9 Å². The molecule has 1 aromatic carbocycles. The van der Waals surface area contributed by atoms with Crippen LogP contribution in [0.25, 0.3) is 0 Å². The molecule has 0 saturated carbocycles. The Hall–Kier alpha value is -1.06. The zero-order chi connectivity index (χ0) is 11.5. The summed E-state index contributed by atoms with van der Waals surface area (Å²) < 4.78 is 0. The summed E-state index contributed by atoms with van der Waals surface area (Å²) in [7, 11) is 0. The first kappa shape index (κ1) is 11.4. The van der Waals surface area contributed by atoms with E-state index < -0.39 is 0 Å². The molecule has 1 amide bonds. The minimum absolute atomic E-state index is 0.0846. The molecule has 1 saturated heterocycles. The Morgan fingerprint density at radius 1 is 1.44 bits per heavy atom. The van der Waals surface area contributed by atoms with Gasteiger partial charge in [-0.1, -0.05) is 11.6 Å². The second-order valence-electron chi connectivity index (χ2n) is 4.03. The fraction of sp³-hybridized carbons (Fsp3) is 0.417. The van der Waals surface area contributed by atoms with Crippen molar-refractivity contribution in [2.75, 3.05) is 13.1 Å². The highest BCUT2D eigenvalue weighted by Gasteiger charge is 2.31. The Kier molecular flexibility index (Phi) is 3.46. The second-order valence-corrected chi connectivity index (χ2v) is 4.46. The van der Waals surface area contributed by atoms with Crippen molar-refractivity contribution in [3.8, 4) is 0 Å². The van der Waals surface area contributed by atoms with Crippen molar-refractivity contribution in [3.05, 3.63) is 34.9 Å². The summed E-state index contributed by atoms with van der Waals surface area (Å²) in [6, 6.07) is 7.34. The second kappa shape index (κ2) is 4.85. The van der Waals surface area contributed by atoms with Gasteiger partial charge in [-0.2, -0.15) is 0 Å². The van der Waals surface area contributed by atoms with Gasteiger partial charge in [0.25, 0.3) is 5.91 Å². The number of carbonyl (C=O) groups excluding carboxylic acids is 1. The predicted octanol–water partition coefficient (Wildman–Crippen LogP) is 1.90. The number of benzene rings is 1. The van der Waals surface area contributed by atoms with E-state index in [1.165, 1.54) is 0 Å². The standard InChI is InChI=1S/C12H15ClN2O/c13-10-3-1-9(2-4-10)12(16)15-8-6-11(15)5-7-14/h1-4,11H,5-8,14H2. The maximum atomic E-state index is 12.1. The summed E-state index contributed by atoms with van der Waals surface area (Å²) in [4.78, 5) is 14.0. The lowest BCUT2D eigenvalue weighted by Crippen LogP contribution is -2.51. The molecular formula is C12H15ClN2O. The Balaban J connectivity index is 2.05. The summed E-state index contributed by atoms with van der Waals surface area (Å²) in [5.41, 5.74) is 6.20. The summed E-state index contributed by atoms with van der Waals surface area (Å²) in [6.07, 6.45) is 1.95. The van der Waals surface area contributed by atoms with Crippen LogP contribution in [0.3, 0.4) is 0 Å². The minimum Gasteiger partial charge on any atom is -0.335 e. The smallest absolute Gasteiger partial charge is 0.254 e. The van der Waals surface area contributed by atoms with E-state index in [-0.39, 0.29) is 5.91 Å². The molecule has 0 bridgehead atoms. The largest absolute Gasteiger partial charge is 0.335 e. The molecule has 1 unspecified atom stereocenters. The summed E-state index contributed by atoms with van der Waals surface area (Å²) in [6.45, 7) is 1.47. The molecule has 1 atom stereocenters. The molecule has 86 valence electrons. The molecule has 1 fully saturated rings. The van der Waals surface area contributed by atoms with Crippen molar-refractivity contribution in [1.82, 2.24) is 4.90 Å². The van der Waals surface area contributed by atoms with E-state index in [2.05, 4.69) is 0 Å². The van der Waals surface area contributed by atoms with Gasteiger partial charge in [-0.3, -0.25) is 4.79 Å². The average Bonchev–Trinajstić information content (AvgIpc) is 2.25. The number of rotatable bonds is 3. The van der Waals surface area contributed by atoms with Crippen LogP contribution in [0.15, 0.2) is 24.3 Å². The highest BCUT2D eigenvalue weighted by molar-refractivity contribution is 6.30. The fourth-order valence-electron chi connectivity index (χ4n) is 1.96. The Morgan fingerprint density at radius 2 is 2.12 bits per heavy atom. The summed E-state index contributed by atoms with van der Waals surface area (Å²) in [5, 5.41) is 0.652. The van der Waals surface area contributed by atoms with Crippen LogP contribution in [0, 0.1) is 0 Å². The highest BCUT2D eigenvalue weighted by atomic mass is 35.5. The Morgan fingerprint density at radius 3 is 2.62 bits per heavy atom. The van der Waals surface area contributed by atoms with Crippen molar-refractivity contribution < 1.29 is 4.79 Å². The lowest BCUT2D eigenvalue weighted by molar-refractivity contribution is 0.0450. The molecule has 0 radical (unpaired) electrons. The van der Waals surface area contributed by atoms with E-state index >= 15 is 0 Å². The van der Waals surface area contributed by atoms with E-state index in [1.54, 1.807) is 24.3 Å². The maximum Gasteiger partial charge on any atom is 0.254 e. The molecule has 1 aliphatic heterocycles. The van der Waals surface area contributed by atoms with Crippen LogP contribution >= 0.6 is 11.6 Å². The van der Waals surface area contributed by atoms with Crippen LogP contribution < -0.4 is 5.73 Å². The van der Waals surface area contributed by atoms with Crippen LogP contribution in [0.1, 0.15) is 23.2 Å². The van der Waals surface area contributed by atoms with Crippen LogP contribution in [0.5, 0.6) is 0 Å². The molecule has 4 heteroatoms. The quantitative estimate of drug-likeness (QED) is 0.874. The van der Waals surface area contributed by atoms with Gasteiger partial charge < -0.3 is 10.6 Å².